The molecule has 0 fully saturated rings. The number of methoxy groups -OCH3 is 2. The Balaban J connectivity index is 1.67. The summed E-state index contributed by atoms with van der Waals surface area (Å²) in [4.78, 5) is 14.8. The predicted octanol–water partition coefficient (Wildman–Crippen LogP) is 2.11. The molecule has 2 aromatic rings. The highest BCUT2D eigenvalue weighted by molar-refractivity contribution is 5.84. The van der Waals surface area contributed by atoms with E-state index in [4.69, 9.17) is 24.7 Å². The minimum absolute atomic E-state index is 0.0429. The number of nitrogens with zero attached hydrogens (tertiary/aromatic N) is 1. The lowest BCUT2D eigenvalue weighted by molar-refractivity contribution is -0.125. The molecular formula is C21H22N2O5. The molecule has 1 amide bonds. The number of hydrogen-bond donors (Lipinski definition) is 1. The van der Waals surface area contributed by atoms with Crippen LogP contribution in [0.25, 0.3) is 0 Å². The maximum atomic E-state index is 12.6. The van der Waals surface area contributed by atoms with Crippen LogP contribution in [-0.2, 0) is 17.6 Å². The van der Waals surface area contributed by atoms with Crippen LogP contribution >= 0.6 is 0 Å². The number of ether oxygens (including phenoxy) is 4. The molecule has 0 radical (unpaired) electrons. The second-order valence-corrected chi connectivity index (χ2v) is 7.29. The SMILES string of the molecule is COc1ccc2c(c1OC)C(C(N)=O)N1CCc3cc4c(cc3C1C2)OCO4. The number of amides is 1. The van der Waals surface area contributed by atoms with E-state index in [1.54, 1.807) is 14.2 Å². The summed E-state index contributed by atoms with van der Waals surface area (Å²) in [7, 11) is 3.18. The predicted molar refractivity (Wildman–Crippen MR) is 101 cm³/mol. The van der Waals surface area contributed by atoms with Gasteiger partial charge in [-0.3, -0.25) is 9.69 Å². The van der Waals surface area contributed by atoms with Crippen molar-refractivity contribution in [3.8, 4) is 23.0 Å². The largest absolute Gasteiger partial charge is 0.493 e. The van der Waals surface area contributed by atoms with Crippen LogP contribution in [-0.4, -0.2) is 38.4 Å². The van der Waals surface area contributed by atoms with Gasteiger partial charge in [-0.15, -0.1) is 0 Å². The monoisotopic (exact) mass is 382 g/mol. The van der Waals surface area contributed by atoms with Gasteiger partial charge in [0.15, 0.2) is 23.0 Å². The molecule has 7 heteroatoms. The van der Waals surface area contributed by atoms with E-state index in [2.05, 4.69) is 17.0 Å². The molecule has 0 spiro atoms. The molecule has 0 aromatic heterocycles. The second-order valence-electron chi connectivity index (χ2n) is 7.29. The zero-order valence-electron chi connectivity index (χ0n) is 15.9. The number of benzene rings is 2. The lowest BCUT2D eigenvalue weighted by Gasteiger charge is -2.45. The Labute approximate surface area is 162 Å². The van der Waals surface area contributed by atoms with E-state index >= 15 is 0 Å². The maximum Gasteiger partial charge on any atom is 0.239 e. The van der Waals surface area contributed by atoms with Crippen molar-refractivity contribution >= 4 is 5.91 Å². The van der Waals surface area contributed by atoms with Crippen LogP contribution in [0, 0.1) is 0 Å². The van der Waals surface area contributed by atoms with Crippen LogP contribution < -0.4 is 24.7 Å². The molecule has 0 saturated heterocycles. The Morgan fingerprint density at radius 3 is 2.64 bits per heavy atom. The van der Waals surface area contributed by atoms with E-state index in [-0.39, 0.29) is 18.7 Å². The lowest BCUT2D eigenvalue weighted by atomic mass is 9.80. The summed E-state index contributed by atoms with van der Waals surface area (Å²) in [6, 6.07) is 7.48. The Hall–Kier alpha value is -2.93. The number of hydrogen-bond acceptors (Lipinski definition) is 6. The lowest BCUT2D eigenvalue weighted by Crippen LogP contribution is -2.47. The molecule has 2 unspecified atom stereocenters. The van der Waals surface area contributed by atoms with Gasteiger partial charge < -0.3 is 24.7 Å². The summed E-state index contributed by atoms with van der Waals surface area (Å²) in [5.41, 5.74) is 10.2. The van der Waals surface area contributed by atoms with Crippen LogP contribution in [0.15, 0.2) is 24.3 Å². The molecule has 2 N–H and O–H groups in total. The van der Waals surface area contributed by atoms with E-state index in [0.29, 0.717) is 11.5 Å². The van der Waals surface area contributed by atoms with Gasteiger partial charge in [0.25, 0.3) is 0 Å². The van der Waals surface area contributed by atoms with Gasteiger partial charge in [0.2, 0.25) is 12.7 Å². The van der Waals surface area contributed by atoms with Crippen molar-refractivity contribution in [2.24, 2.45) is 5.73 Å². The van der Waals surface area contributed by atoms with Crippen LogP contribution in [0.3, 0.4) is 0 Å². The highest BCUT2D eigenvalue weighted by Gasteiger charge is 2.43. The highest BCUT2D eigenvalue weighted by Crippen LogP contribution is 2.50. The third-order valence-electron chi connectivity index (χ3n) is 6.00. The number of fused-ring (bicyclic) bond motifs is 5. The zero-order valence-corrected chi connectivity index (χ0v) is 15.9. The van der Waals surface area contributed by atoms with E-state index in [1.807, 2.05) is 12.1 Å². The minimum atomic E-state index is -0.572. The van der Waals surface area contributed by atoms with Crippen molar-refractivity contribution in [2.45, 2.75) is 24.9 Å². The van der Waals surface area contributed by atoms with Gasteiger partial charge in [-0.1, -0.05) is 6.07 Å². The van der Waals surface area contributed by atoms with E-state index < -0.39 is 6.04 Å². The number of carbonyl (C=O) groups excluding carboxylic acids is 1. The van der Waals surface area contributed by atoms with E-state index in [1.165, 1.54) is 11.1 Å². The first-order valence-electron chi connectivity index (χ1n) is 9.33. The first-order valence-corrected chi connectivity index (χ1v) is 9.33. The fraction of sp³-hybridized carbons (Fsp3) is 0.381. The second kappa shape index (κ2) is 6.31. The van der Waals surface area contributed by atoms with Gasteiger partial charge >= 0.3 is 0 Å². The van der Waals surface area contributed by atoms with E-state index in [0.717, 1.165) is 42.0 Å². The zero-order chi connectivity index (χ0) is 19.4. The van der Waals surface area contributed by atoms with Crippen molar-refractivity contribution in [1.82, 2.24) is 4.90 Å². The quantitative estimate of drug-likeness (QED) is 0.876. The topological polar surface area (TPSA) is 83.3 Å². The van der Waals surface area contributed by atoms with Crippen LogP contribution in [0.5, 0.6) is 23.0 Å². The molecule has 3 heterocycles. The summed E-state index contributed by atoms with van der Waals surface area (Å²) < 4.78 is 22.2. The van der Waals surface area contributed by atoms with Crippen LogP contribution in [0.2, 0.25) is 0 Å². The Morgan fingerprint density at radius 1 is 1.14 bits per heavy atom. The molecule has 3 aliphatic rings. The highest BCUT2D eigenvalue weighted by atomic mass is 16.7. The average molecular weight is 382 g/mol. The van der Waals surface area contributed by atoms with Gasteiger partial charge in [0.1, 0.15) is 6.04 Å². The van der Waals surface area contributed by atoms with Crippen LogP contribution in [0.4, 0.5) is 0 Å². The first-order chi connectivity index (χ1) is 13.6. The van der Waals surface area contributed by atoms with Gasteiger partial charge in [0.05, 0.1) is 14.2 Å². The van der Waals surface area contributed by atoms with Gasteiger partial charge in [0, 0.05) is 18.2 Å². The van der Waals surface area contributed by atoms with Gasteiger partial charge in [-0.2, -0.15) is 0 Å². The van der Waals surface area contributed by atoms with Crippen molar-refractivity contribution in [2.75, 3.05) is 27.6 Å². The van der Waals surface area contributed by atoms with Crippen molar-refractivity contribution in [3.63, 3.8) is 0 Å². The van der Waals surface area contributed by atoms with Gasteiger partial charge in [-0.25, -0.2) is 0 Å². The molecule has 0 saturated carbocycles. The summed E-state index contributed by atoms with van der Waals surface area (Å²) >= 11 is 0. The molecule has 0 bridgehead atoms. The number of primary amides is 1. The van der Waals surface area contributed by atoms with Crippen molar-refractivity contribution in [1.29, 1.82) is 0 Å². The fourth-order valence-corrected chi connectivity index (χ4v) is 4.80. The van der Waals surface area contributed by atoms with E-state index in [9.17, 15) is 4.79 Å². The fourth-order valence-electron chi connectivity index (χ4n) is 4.80. The summed E-state index contributed by atoms with van der Waals surface area (Å²) in [5, 5.41) is 0. The van der Waals surface area contributed by atoms with Crippen LogP contribution in [0.1, 0.15) is 34.3 Å². The number of carbonyl (C=O) groups is 1. The molecular weight excluding hydrogens is 360 g/mol. The molecule has 7 nitrogen and oxygen atoms in total. The Kier molecular flexibility index (Phi) is 3.87. The molecule has 28 heavy (non-hydrogen) atoms. The average Bonchev–Trinajstić information content (AvgIpc) is 3.16. The molecule has 5 rings (SSSR count). The number of rotatable bonds is 3. The number of nitrogens with two attached hydrogens (primary N) is 1. The molecule has 146 valence electrons. The third kappa shape index (κ3) is 2.36. The van der Waals surface area contributed by atoms with Crippen molar-refractivity contribution in [3.05, 3.63) is 46.5 Å². The molecule has 3 aliphatic heterocycles. The first kappa shape index (κ1) is 17.2. The smallest absolute Gasteiger partial charge is 0.239 e. The maximum absolute atomic E-state index is 12.6. The van der Waals surface area contributed by atoms with Crippen molar-refractivity contribution < 1.29 is 23.7 Å². The normalized spacial score (nSPS) is 22.1. The minimum Gasteiger partial charge on any atom is -0.493 e. The Bertz CT molecular complexity index is 974. The summed E-state index contributed by atoms with van der Waals surface area (Å²) in [6.07, 6.45) is 1.57. The third-order valence-corrected chi connectivity index (χ3v) is 6.00. The van der Waals surface area contributed by atoms with Gasteiger partial charge in [-0.05, 0) is 47.7 Å². The Morgan fingerprint density at radius 2 is 1.93 bits per heavy atom. The summed E-state index contributed by atoms with van der Waals surface area (Å²) in [5.74, 6) is 2.35. The molecule has 2 aromatic carbocycles. The molecule has 2 atom stereocenters. The molecule has 0 aliphatic carbocycles. The standard InChI is InChI=1S/C21H22N2O5/c1-25-15-4-3-12-7-14-13-9-17-16(27-10-28-17)8-11(13)5-6-23(14)19(21(22)24)18(12)20(15)26-2/h3-4,8-9,14,19H,5-7,10H2,1-2H3,(H2,22,24). The summed E-state index contributed by atoms with van der Waals surface area (Å²) in [6.45, 7) is 0.973.